The first-order valence-electron chi connectivity index (χ1n) is 9.20. The maximum atomic E-state index is 13.0. The number of amides is 4. The van der Waals surface area contributed by atoms with Gasteiger partial charge in [0.15, 0.2) is 0 Å². The first-order chi connectivity index (χ1) is 13.5. The van der Waals surface area contributed by atoms with Crippen LogP contribution in [-0.2, 0) is 11.8 Å². The van der Waals surface area contributed by atoms with Gasteiger partial charge in [0.1, 0.15) is 11.7 Å². The van der Waals surface area contributed by atoms with Crippen LogP contribution in [0.25, 0.3) is 0 Å². The number of rotatable bonds is 4. The molecule has 2 saturated heterocycles. The summed E-state index contributed by atoms with van der Waals surface area (Å²) in [5, 5.41) is 3.01. The average Bonchev–Trinajstić information content (AvgIpc) is 3.23. The molecule has 1 aromatic carbocycles. The van der Waals surface area contributed by atoms with Gasteiger partial charge < -0.3 is 14.8 Å². The molecule has 1 aromatic heterocycles. The lowest BCUT2D eigenvalue weighted by Crippen LogP contribution is -2.50. The lowest BCUT2D eigenvalue weighted by Gasteiger charge is -2.32. The van der Waals surface area contributed by atoms with Gasteiger partial charge in [-0.3, -0.25) is 9.59 Å². The summed E-state index contributed by atoms with van der Waals surface area (Å²) in [7, 11) is 1.82. The number of piperidine rings is 1. The number of urea groups is 1. The zero-order valence-corrected chi connectivity index (χ0v) is 16.6. The highest BCUT2D eigenvalue weighted by atomic mass is 32.2. The Morgan fingerprint density at radius 3 is 2.75 bits per heavy atom. The van der Waals surface area contributed by atoms with Crippen molar-refractivity contribution in [3.63, 3.8) is 0 Å². The van der Waals surface area contributed by atoms with E-state index in [2.05, 4.69) is 5.32 Å². The highest BCUT2D eigenvalue weighted by Crippen LogP contribution is 2.32. The zero-order chi connectivity index (χ0) is 19.8. The molecular weight excluding hydrogens is 376 g/mol. The maximum Gasteiger partial charge on any atom is 0.332 e. The van der Waals surface area contributed by atoms with Gasteiger partial charge in [0, 0.05) is 30.7 Å². The molecule has 28 heavy (non-hydrogen) atoms. The second-order valence-electron chi connectivity index (χ2n) is 7.07. The summed E-state index contributed by atoms with van der Waals surface area (Å²) < 4.78 is 1.76. The molecule has 0 bridgehead atoms. The number of nitrogens with zero attached hydrogens (tertiary/aromatic N) is 3. The molecule has 2 atom stereocenters. The second kappa shape index (κ2) is 7.35. The molecule has 146 valence electrons. The molecule has 0 aliphatic carbocycles. The number of fused-ring (bicyclic) bond motifs is 1. The van der Waals surface area contributed by atoms with E-state index in [9.17, 15) is 14.4 Å². The second-order valence-corrected chi connectivity index (χ2v) is 7.95. The largest absolute Gasteiger partial charge is 0.348 e. The Hall–Kier alpha value is -2.74. The van der Waals surface area contributed by atoms with Crippen LogP contribution < -0.4 is 10.2 Å². The Balaban J connectivity index is 1.50. The number of thioether (sulfide) groups is 1. The van der Waals surface area contributed by atoms with E-state index >= 15 is 0 Å². The number of hydrogen-bond donors (Lipinski definition) is 1. The van der Waals surface area contributed by atoms with Crippen LogP contribution in [0.4, 0.5) is 10.5 Å². The molecule has 8 heteroatoms. The zero-order valence-electron chi connectivity index (χ0n) is 15.8. The average molecular weight is 398 g/mol. The first-order valence-corrected chi connectivity index (χ1v) is 10.4. The highest BCUT2D eigenvalue weighted by Gasteiger charge is 2.48. The number of nitrogens with one attached hydrogen (secondary N) is 1. The topological polar surface area (TPSA) is 74.7 Å². The molecule has 2 aliphatic heterocycles. The summed E-state index contributed by atoms with van der Waals surface area (Å²) in [4.78, 5) is 42.2. The van der Waals surface area contributed by atoms with E-state index in [-0.39, 0.29) is 23.9 Å². The number of imide groups is 1. The van der Waals surface area contributed by atoms with Gasteiger partial charge in [-0.15, -0.1) is 11.8 Å². The van der Waals surface area contributed by atoms with Crippen molar-refractivity contribution in [1.82, 2.24) is 14.8 Å². The van der Waals surface area contributed by atoms with Crippen molar-refractivity contribution < 1.29 is 14.4 Å². The lowest BCUT2D eigenvalue weighted by atomic mass is 9.98. The summed E-state index contributed by atoms with van der Waals surface area (Å²) in [6.07, 6.45) is 4.83. The highest BCUT2D eigenvalue weighted by molar-refractivity contribution is 7.98. The third kappa shape index (κ3) is 3.17. The van der Waals surface area contributed by atoms with E-state index in [4.69, 9.17) is 0 Å². The molecule has 0 spiro atoms. The van der Waals surface area contributed by atoms with Crippen molar-refractivity contribution in [3.05, 3.63) is 48.3 Å². The molecule has 4 rings (SSSR count). The fraction of sp³-hybridized carbons (Fsp3) is 0.350. The molecule has 2 aromatic rings. The van der Waals surface area contributed by atoms with Crippen LogP contribution in [0.3, 0.4) is 0 Å². The summed E-state index contributed by atoms with van der Waals surface area (Å²) in [5.41, 5.74) is 1.17. The molecule has 2 aliphatic rings. The molecule has 0 saturated carbocycles. The van der Waals surface area contributed by atoms with Gasteiger partial charge in [-0.2, -0.15) is 0 Å². The van der Waals surface area contributed by atoms with Gasteiger partial charge in [-0.25, -0.2) is 9.69 Å². The van der Waals surface area contributed by atoms with Gasteiger partial charge in [0.2, 0.25) is 0 Å². The minimum absolute atomic E-state index is 0.141. The third-order valence-corrected chi connectivity index (χ3v) is 6.09. The van der Waals surface area contributed by atoms with Crippen molar-refractivity contribution in [2.45, 2.75) is 29.8 Å². The van der Waals surface area contributed by atoms with E-state index in [0.29, 0.717) is 30.8 Å². The summed E-state index contributed by atoms with van der Waals surface area (Å²) in [6, 6.07) is 10.1. The Morgan fingerprint density at radius 2 is 2.04 bits per heavy atom. The molecule has 1 N–H and O–H groups in total. The number of aromatic nitrogens is 1. The molecule has 4 amide bonds. The smallest absolute Gasteiger partial charge is 0.332 e. The predicted octanol–water partition coefficient (Wildman–Crippen LogP) is 2.48. The van der Waals surface area contributed by atoms with Crippen molar-refractivity contribution >= 4 is 35.3 Å². The number of carbonyl (C=O) groups is 3. The van der Waals surface area contributed by atoms with Crippen LogP contribution in [0.2, 0.25) is 0 Å². The number of carbonyl (C=O) groups excluding carboxylic acids is 3. The summed E-state index contributed by atoms with van der Waals surface area (Å²) in [6.45, 7) is 0.450. The van der Waals surface area contributed by atoms with Crippen molar-refractivity contribution in [2.75, 3.05) is 17.7 Å². The van der Waals surface area contributed by atoms with E-state index in [1.807, 2.05) is 43.8 Å². The van der Waals surface area contributed by atoms with Crippen LogP contribution in [0.15, 0.2) is 47.5 Å². The first kappa shape index (κ1) is 18.6. The molecular formula is C20H22N4O3S. The molecule has 3 heterocycles. The van der Waals surface area contributed by atoms with Gasteiger partial charge in [-0.05, 0) is 49.4 Å². The predicted molar refractivity (Wildman–Crippen MR) is 108 cm³/mol. The number of aryl methyl sites for hydroxylation is 1. The fourth-order valence-electron chi connectivity index (χ4n) is 3.87. The van der Waals surface area contributed by atoms with E-state index in [1.54, 1.807) is 33.4 Å². The summed E-state index contributed by atoms with van der Waals surface area (Å²) >= 11 is 1.56. The SMILES string of the molecule is CSc1cccc(N2C(=O)[C@@H]3C[C@H](NC(=O)c4cccn4C)CCN3C2=O)c1. The fourth-order valence-corrected chi connectivity index (χ4v) is 4.33. The van der Waals surface area contributed by atoms with Gasteiger partial charge in [0.25, 0.3) is 11.8 Å². The van der Waals surface area contributed by atoms with Gasteiger partial charge >= 0.3 is 6.03 Å². The van der Waals surface area contributed by atoms with Crippen LogP contribution in [-0.4, -0.2) is 52.2 Å². The lowest BCUT2D eigenvalue weighted by molar-refractivity contribution is -0.120. The Kier molecular flexibility index (Phi) is 4.89. The van der Waals surface area contributed by atoms with Crippen LogP contribution in [0.1, 0.15) is 23.3 Å². The van der Waals surface area contributed by atoms with E-state index < -0.39 is 6.04 Å². The molecule has 7 nitrogen and oxygen atoms in total. The number of benzene rings is 1. The molecule has 2 fully saturated rings. The third-order valence-electron chi connectivity index (χ3n) is 5.37. The van der Waals surface area contributed by atoms with E-state index in [1.165, 1.54) is 4.90 Å². The maximum absolute atomic E-state index is 13.0. The van der Waals surface area contributed by atoms with Crippen molar-refractivity contribution in [1.29, 1.82) is 0 Å². The minimum atomic E-state index is -0.530. The van der Waals surface area contributed by atoms with Crippen LogP contribution >= 0.6 is 11.8 Å². The van der Waals surface area contributed by atoms with E-state index in [0.717, 1.165) is 4.90 Å². The quantitative estimate of drug-likeness (QED) is 0.634. The summed E-state index contributed by atoms with van der Waals surface area (Å²) in [5.74, 6) is -0.381. The van der Waals surface area contributed by atoms with Gasteiger partial charge in [-0.1, -0.05) is 6.07 Å². The monoisotopic (exact) mass is 398 g/mol. The molecule has 0 unspecified atom stereocenters. The minimum Gasteiger partial charge on any atom is -0.348 e. The number of anilines is 1. The van der Waals surface area contributed by atoms with Crippen molar-refractivity contribution in [3.8, 4) is 0 Å². The molecule has 0 radical (unpaired) electrons. The van der Waals surface area contributed by atoms with Crippen LogP contribution in [0, 0.1) is 0 Å². The Labute approximate surface area is 167 Å². The normalized spacial score (nSPS) is 21.8. The Bertz CT molecular complexity index is 941. The van der Waals surface area contributed by atoms with Crippen LogP contribution in [0.5, 0.6) is 0 Å². The van der Waals surface area contributed by atoms with Gasteiger partial charge in [0.05, 0.1) is 5.69 Å². The number of hydrogen-bond acceptors (Lipinski definition) is 4. The van der Waals surface area contributed by atoms with Crippen molar-refractivity contribution in [2.24, 2.45) is 7.05 Å². The Morgan fingerprint density at radius 1 is 1.21 bits per heavy atom. The standard InChI is InChI=1S/C20H22N4O3S/c1-22-9-4-7-16(22)18(25)21-13-8-10-23-17(11-13)19(26)24(20(23)27)14-5-3-6-15(12-14)28-2/h3-7,9,12-13,17H,8,10-11H2,1-2H3,(H,21,25)/t13-,17+/m1/s1.